The number of ketones is 2. The van der Waals surface area contributed by atoms with Gasteiger partial charge in [-0.3, -0.25) is 9.59 Å². The Morgan fingerprint density at radius 1 is 0.488 bits per heavy atom. The molecule has 6 heteroatoms. The quantitative estimate of drug-likeness (QED) is 0.0830. The lowest BCUT2D eigenvalue weighted by Crippen LogP contribution is -3.00. The van der Waals surface area contributed by atoms with Crippen LogP contribution >= 0.6 is 7.26 Å². The topological polar surface area (TPSA) is 71.4 Å². The fourth-order valence-electron chi connectivity index (χ4n) is 30.6. The second-order valence-corrected chi connectivity index (χ2v) is 50.3. The highest BCUT2D eigenvalue weighted by Gasteiger charge is 2.56. The average molecular weight is 1770 g/mol. The lowest BCUT2D eigenvalue weighted by molar-refractivity contribution is -0.128. The van der Waals surface area contributed by atoms with Gasteiger partial charge in [0, 0.05) is 23.7 Å². The molecule has 13 fully saturated rings. The van der Waals surface area contributed by atoms with Gasteiger partial charge in [0.15, 0.2) is 0 Å². The molecule has 27 atom stereocenters. The predicted octanol–water partition coefficient (Wildman–Crippen LogP) is 28.7. The number of aldehydes is 1. The summed E-state index contributed by atoms with van der Waals surface area (Å²) in [6.07, 6.45) is 59.1. The second-order valence-electron chi connectivity index (χ2n) is 46.7. The Hall–Kier alpha value is -3.50. The van der Waals surface area contributed by atoms with E-state index in [1.54, 1.807) is 12.5 Å². The number of rotatable bonds is 17. The number of Topliss-reactive ketones (excluding diaryl/α,β-unsaturated/α-hetero) is 2. The Morgan fingerprint density at radius 2 is 0.935 bits per heavy atom. The summed E-state index contributed by atoms with van der Waals surface area (Å²) in [5, 5.41) is 14.5. The predicted molar refractivity (Wildman–Crippen MR) is 529 cm³/mol. The molecule has 13 aliphatic rings. The molecule has 0 unspecified atom stereocenters. The normalized spacial score (nSPS) is 38.2. The Labute approximate surface area is 769 Å². The van der Waals surface area contributed by atoms with Crippen molar-refractivity contribution in [3.63, 3.8) is 0 Å². The molecule has 1 N–H and O–H groups in total. The Balaban J connectivity index is 0.000000167. The van der Waals surface area contributed by atoms with Gasteiger partial charge in [0.05, 0.1) is 12.3 Å². The van der Waals surface area contributed by atoms with Crippen LogP contribution in [-0.4, -0.2) is 35.2 Å². The van der Waals surface area contributed by atoms with Crippen molar-refractivity contribution in [3.8, 4) is 0 Å². The number of halogens is 1. The lowest BCUT2D eigenvalue weighted by atomic mass is 9.59. The van der Waals surface area contributed by atoms with Crippen LogP contribution < -0.4 is 32.9 Å². The summed E-state index contributed by atoms with van der Waals surface area (Å²) in [6.45, 7) is 56.4. The van der Waals surface area contributed by atoms with Gasteiger partial charge in [0.1, 0.15) is 41.0 Å². The molecule has 0 radical (unpaired) electrons. The fraction of sp³-hybridized carbons (Fsp3) is 0.752. The van der Waals surface area contributed by atoms with E-state index in [9.17, 15) is 19.5 Å². The number of carbonyl (C=O) groups is 3. The van der Waals surface area contributed by atoms with Crippen LogP contribution in [0.4, 0.5) is 0 Å². The fourth-order valence-corrected chi connectivity index (χ4v) is 35.0. The minimum atomic E-state index is -1.61. The zero-order valence-corrected chi connectivity index (χ0v) is 85.7. The van der Waals surface area contributed by atoms with Gasteiger partial charge >= 0.3 is 0 Å². The molecule has 13 saturated carbocycles. The van der Waals surface area contributed by atoms with Crippen LogP contribution in [0.1, 0.15) is 383 Å². The molecule has 3 aromatic rings. The summed E-state index contributed by atoms with van der Waals surface area (Å²) in [5.74, 6) is 18.6. The number of aliphatic hydroxyl groups is 1. The van der Waals surface area contributed by atoms with Crippen molar-refractivity contribution >= 4 is 41.0 Å². The SMILES string of the molecule is C=C1CC[C@H](O)C/C1=C/C=C1\CCC[C@]2(C)[C@@H]([C@H](C)/C=C/[C@H](C)C(C)C)CC[C@@H]12.CC(=O)[C@H]1CC[C@H]2[C@@H](C)CCC[C@]12C.CC(C)CCC[P+](c1ccccc1)(c1ccccc1)c1ccccc1.CC[C@@H](C)[C@H]1CC[C@H]2[C@@H](C)CCC[C@]12C.C[C@H](C=O)[C@H]1CC[C@H]2[C@@H](C)CCC[C@]12C.C[C@H]1CCC[C@]2(C)C(=O)CC[C@@H]12.C[C@H]1CCC[C@]2(C)[C@@H](C)CC[C@@H]12.[Br-]. The summed E-state index contributed by atoms with van der Waals surface area (Å²) in [5.41, 5.74) is 6.93. The molecule has 3 aromatic carbocycles. The first-order valence-electron chi connectivity index (χ1n) is 52.0. The van der Waals surface area contributed by atoms with Gasteiger partial charge < -0.3 is 26.9 Å². The largest absolute Gasteiger partial charge is 1.00 e. The van der Waals surface area contributed by atoms with Gasteiger partial charge in [-0.15, -0.1) is 0 Å². The molecule has 4 nitrogen and oxygen atoms in total. The van der Waals surface area contributed by atoms with Crippen molar-refractivity contribution in [1.29, 1.82) is 0 Å². The summed E-state index contributed by atoms with van der Waals surface area (Å²) in [6, 6.07) is 33.6. The standard InChI is InChI=1S/C28H44O.C24H28P.C15H28.C14H24O.C13H22O.C12H22.C11H18O.BrH/c1-19(2)20(3)9-10-22(5)26-15-16-27-23(8-7-17-28(26,27)6)12-13-24-18-25(29)14-11-21(24)4;1-21(2)13-12-20-25(22-14-6-3-7-15-22,23-16-8-4-9-17-23)24-18-10-5-11-19-24;1-5-11(2)13-8-9-14-12(3)7-6-10-15(13,14)4;1-10-5-4-8-14(3)12(10)6-7-13(14)11(2)9-15;1-9-5-4-8-13(3)11(9)6-7-12(13)10(2)14;1-9-5-4-8-12(3)10(2)6-7-11(9)12;1-8-4-3-7-11(2)9(8)5-6-10(11)12;/h9-10,12-13,19-20,22,25-27,29H,4,7-8,11,14-18H2,1-3,5-6H3;3-11,14-19,21H,12-13,20H2,1-2H3;11-14H,5-10H2,1-4H3;9-13H,4-8H2,1-3H3;9,11-12H,4-8H2,1-3H3;9-11H,4-8H2,1-3H3;8-9H,3-7H2,1-2H3;1H/q;+1;;;;;;/p-1/b10-9+,23-12+,24-13-;;;;;;;/t20-,22+,25-,26+,27-,28+;;11-,12+,13-,14+,15-;10-,11+,12-,13+,14-;9-,11-,12+,13-;9-,10-,11-,12+;8-,9-,11-;/m0.10000./s1. The molecule has 13 aliphatic carbocycles. The van der Waals surface area contributed by atoms with Crippen molar-refractivity contribution in [2.75, 3.05) is 6.16 Å². The Morgan fingerprint density at radius 3 is 1.43 bits per heavy atom. The third-order valence-corrected chi connectivity index (χ3v) is 43.4. The van der Waals surface area contributed by atoms with Crippen LogP contribution in [0.15, 0.2) is 139 Å². The monoisotopic (exact) mass is 1770 g/mol. The van der Waals surface area contributed by atoms with Gasteiger partial charge in [-0.25, -0.2) is 0 Å². The highest BCUT2D eigenvalue weighted by molar-refractivity contribution is 7.95. The minimum Gasteiger partial charge on any atom is -1.00 e. The highest BCUT2D eigenvalue weighted by atomic mass is 79.9. The second kappa shape index (κ2) is 46.0. The molecule has 0 aromatic heterocycles. The van der Waals surface area contributed by atoms with Crippen molar-refractivity contribution < 1.29 is 36.5 Å². The van der Waals surface area contributed by atoms with Crippen LogP contribution in [0.2, 0.25) is 0 Å². The summed E-state index contributed by atoms with van der Waals surface area (Å²) in [4.78, 5) is 34.3. The van der Waals surface area contributed by atoms with Crippen molar-refractivity contribution in [1.82, 2.24) is 0 Å². The molecule has 690 valence electrons. The van der Waals surface area contributed by atoms with E-state index in [2.05, 4.69) is 267 Å². The maximum absolute atomic E-state index is 11.7. The number of allylic oxidation sites excluding steroid dienone is 6. The molecule has 0 amide bonds. The molecule has 0 heterocycles. The van der Waals surface area contributed by atoms with E-state index < -0.39 is 7.26 Å². The van der Waals surface area contributed by atoms with Crippen LogP contribution in [-0.2, 0) is 14.4 Å². The Bertz CT molecular complexity index is 3740. The van der Waals surface area contributed by atoms with E-state index >= 15 is 0 Å². The average Bonchev–Trinajstić information content (AvgIpc) is 1.74. The van der Waals surface area contributed by atoms with Gasteiger partial charge in [-0.1, -0.05) is 313 Å². The first kappa shape index (κ1) is 103. The molecule has 0 spiro atoms. The number of hydrogen-bond acceptors (Lipinski definition) is 4. The molecule has 16 rings (SSSR count). The van der Waals surface area contributed by atoms with E-state index in [1.807, 2.05) is 0 Å². The van der Waals surface area contributed by atoms with Crippen molar-refractivity contribution in [3.05, 3.63) is 139 Å². The third kappa shape index (κ3) is 23.7. The summed E-state index contributed by atoms with van der Waals surface area (Å²) < 4.78 is 0. The van der Waals surface area contributed by atoms with E-state index in [1.165, 1.54) is 226 Å². The number of hydrogen-bond donors (Lipinski definition) is 1. The van der Waals surface area contributed by atoms with E-state index in [0.717, 1.165) is 145 Å². The van der Waals surface area contributed by atoms with Crippen LogP contribution in [0, 0.1) is 163 Å². The molecule has 0 aliphatic heterocycles. The maximum Gasteiger partial charge on any atom is 0.139 e. The van der Waals surface area contributed by atoms with Gasteiger partial charge in [-0.2, -0.15) is 0 Å². The van der Waals surface area contributed by atoms with Crippen LogP contribution in [0.5, 0.6) is 0 Å². The Kier molecular flexibility index (Phi) is 38.6. The first-order valence-corrected chi connectivity index (χ1v) is 53.9. The molecule has 0 bridgehead atoms. The maximum atomic E-state index is 11.7. The first-order chi connectivity index (χ1) is 58.0. The summed E-state index contributed by atoms with van der Waals surface area (Å²) >= 11 is 0. The molecule has 123 heavy (non-hydrogen) atoms. The number of carbonyl (C=O) groups excluding carboxylic acids is 3. The van der Waals surface area contributed by atoms with Crippen LogP contribution in [0.3, 0.4) is 0 Å². The number of aliphatic hydroxyl groups excluding tert-OH is 1. The lowest BCUT2D eigenvalue weighted by Gasteiger charge is -2.46. The zero-order chi connectivity index (χ0) is 88.7. The number of benzene rings is 3. The van der Waals surface area contributed by atoms with Gasteiger partial charge in [0.2, 0.25) is 0 Å². The van der Waals surface area contributed by atoms with E-state index in [-0.39, 0.29) is 34.4 Å². The smallest absolute Gasteiger partial charge is 0.139 e. The van der Waals surface area contributed by atoms with Gasteiger partial charge in [-0.05, 0) is 348 Å². The highest BCUT2D eigenvalue weighted by Crippen LogP contribution is 2.65. The minimum absolute atomic E-state index is 0. The van der Waals surface area contributed by atoms with E-state index in [0.29, 0.717) is 62.8 Å². The van der Waals surface area contributed by atoms with Crippen LogP contribution in [0.25, 0.3) is 0 Å². The van der Waals surface area contributed by atoms with Gasteiger partial charge in [0.25, 0.3) is 0 Å². The summed E-state index contributed by atoms with van der Waals surface area (Å²) in [7, 11) is -1.61. The molecule has 0 saturated heterocycles. The molecular formula is C117H186BrO4P. The number of fused-ring (bicyclic) bond motifs is 6. The van der Waals surface area contributed by atoms with Crippen molar-refractivity contribution in [2.45, 2.75) is 390 Å². The molecular weight excluding hydrogens is 1580 g/mol. The third-order valence-electron chi connectivity index (χ3n) is 38.9. The zero-order valence-electron chi connectivity index (χ0n) is 83.2. The van der Waals surface area contributed by atoms with Crippen molar-refractivity contribution in [2.24, 2.45) is 163 Å². The van der Waals surface area contributed by atoms with E-state index in [4.69, 9.17) is 0 Å².